The van der Waals surface area contributed by atoms with Crippen molar-refractivity contribution in [3.8, 4) is 5.75 Å². The van der Waals surface area contributed by atoms with Crippen LogP contribution in [0.5, 0.6) is 5.75 Å². The molecule has 0 bridgehead atoms. The Balaban J connectivity index is 2.09. The average Bonchev–Trinajstić information content (AvgIpc) is 2.98. The Morgan fingerprint density at radius 2 is 2.20 bits per heavy atom. The van der Waals surface area contributed by atoms with E-state index in [9.17, 15) is 4.79 Å². The summed E-state index contributed by atoms with van der Waals surface area (Å²) in [6, 6.07) is 8.58. The quantitative estimate of drug-likeness (QED) is 0.688. The molecule has 0 spiro atoms. The maximum absolute atomic E-state index is 12.0. The van der Waals surface area contributed by atoms with Crippen LogP contribution < -0.4 is 10.2 Å². The van der Waals surface area contributed by atoms with Crippen molar-refractivity contribution in [2.75, 3.05) is 7.11 Å². The van der Waals surface area contributed by atoms with E-state index in [0.717, 1.165) is 0 Å². The van der Waals surface area contributed by atoms with E-state index in [-0.39, 0.29) is 5.91 Å². The molecule has 1 amide bonds. The largest absolute Gasteiger partial charge is 0.496 e. The molecule has 0 unspecified atom stereocenters. The monoisotopic (exact) mass is 336 g/mol. The molecular weight excluding hydrogens is 324 g/mol. The number of hydrogen-bond donors (Lipinski definition) is 1. The fraction of sp³-hybridized carbons (Fsp3) is 0.143. The van der Waals surface area contributed by atoms with Gasteiger partial charge in [0.2, 0.25) is 0 Å². The van der Waals surface area contributed by atoms with Crippen molar-refractivity contribution < 1.29 is 13.9 Å². The van der Waals surface area contributed by atoms with Gasteiger partial charge >= 0.3 is 0 Å². The van der Waals surface area contributed by atoms with Crippen molar-refractivity contribution in [3.63, 3.8) is 0 Å². The van der Waals surface area contributed by atoms with Gasteiger partial charge in [-0.15, -0.1) is 0 Å². The van der Waals surface area contributed by atoms with Crippen LogP contribution in [0, 0.1) is 0 Å². The SMILES string of the molecule is COc1ccc(C(=O)N/N=C(\C)c2ccco2)cc1Br. The van der Waals surface area contributed by atoms with Gasteiger partial charge in [-0.3, -0.25) is 4.79 Å². The van der Waals surface area contributed by atoms with Gasteiger partial charge in [0, 0.05) is 5.56 Å². The Morgan fingerprint density at radius 1 is 1.40 bits per heavy atom. The number of benzene rings is 1. The molecule has 0 atom stereocenters. The topological polar surface area (TPSA) is 63.8 Å². The summed E-state index contributed by atoms with van der Waals surface area (Å²) < 4.78 is 11.0. The molecule has 1 aromatic carbocycles. The van der Waals surface area contributed by atoms with Crippen LogP contribution in [0.2, 0.25) is 0 Å². The Hall–Kier alpha value is -2.08. The number of hydrogen-bond acceptors (Lipinski definition) is 4. The Morgan fingerprint density at radius 3 is 2.80 bits per heavy atom. The number of nitrogens with one attached hydrogen (secondary N) is 1. The number of furan rings is 1. The highest BCUT2D eigenvalue weighted by atomic mass is 79.9. The third-order valence-electron chi connectivity index (χ3n) is 2.62. The van der Waals surface area contributed by atoms with E-state index in [0.29, 0.717) is 27.3 Å². The molecule has 0 radical (unpaired) electrons. The van der Waals surface area contributed by atoms with Crippen molar-refractivity contribution in [1.82, 2.24) is 5.43 Å². The fourth-order valence-corrected chi connectivity index (χ4v) is 2.09. The second kappa shape index (κ2) is 6.38. The van der Waals surface area contributed by atoms with Gasteiger partial charge in [0.05, 0.1) is 17.8 Å². The number of hydrazone groups is 1. The van der Waals surface area contributed by atoms with E-state index < -0.39 is 0 Å². The highest BCUT2D eigenvalue weighted by Gasteiger charge is 2.09. The molecule has 0 saturated carbocycles. The zero-order valence-electron chi connectivity index (χ0n) is 11.0. The Kier molecular flexibility index (Phi) is 4.57. The van der Waals surface area contributed by atoms with E-state index >= 15 is 0 Å². The maximum Gasteiger partial charge on any atom is 0.271 e. The summed E-state index contributed by atoms with van der Waals surface area (Å²) in [6.45, 7) is 1.75. The average molecular weight is 337 g/mol. The van der Waals surface area contributed by atoms with E-state index in [1.807, 2.05) is 0 Å². The molecule has 6 heteroatoms. The minimum atomic E-state index is -0.306. The summed E-state index contributed by atoms with van der Waals surface area (Å²) in [6.07, 6.45) is 1.55. The van der Waals surface area contributed by atoms with Gasteiger partial charge in [-0.1, -0.05) is 0 Å². The van der Waals surface area contributed by atoms with Crippen LogP contribution in [-0.2, 0) is 0 Å². The summed E-state index contributed by atoms with van der Waals surface area (Å²) in [5, 5.41) is 3.99. The first-order chi connectivity index (χ1) is 9.61. The second-order valence-corrected chi connectivity index (χ2v) is 4.82. The summed E-state index contributed by atoms with van der Waals surface area (Å²) in [5.41, 5.74) is 3.55. The number of carbonyl (C=O) groups excluding carboxylic acids is 1. The van der Waals surface area contributed by atoms with Crippen LogP contribution in [0.3, 0.4) is 0 Å². The normalized spacial score (nSPS) is 11.2. The number of nitrogens with zero attached hydrogens (tertiary/aromatic N) is 1. The molecule has 20 heavy (non-hydrogen) atoms. The lowest BCUT2D eigenvalue weighted by molar-refractivity contribution is 0.0954. The van der Waals surface area contributed by atoms with Gasteiger partial charge in [-0.2, -0.15) is 5.10 Å². The molecule has 0 saturated heterocycles. The first kappa shape index (κ1) is 14.3. The maximum atomic E-state index is 12.0. The van der Waals surface area contributed by atoms with Crippen molar-refractivity contribution in [2.45, 2.75) is 6.92 Å². The smallest absolute Gasteiger partial charge is 0.271 e. The van der Waals surface area contributed by atoms with E-state index in [1.165, 1.54) is 0 Å². The van der Waals surface area contributed by atoms with Crippen LogP contribution in [0.4, 0.5) is 0 Å². The van der Waals surface area contributed by atoms with Gasteiger partial charge in [-0.25, -0.2) is 5.43 Å². The Bertz CT molecular complexity index is 636. The molecular formula is C14H13BrN2O3. The summed E-state index contributed by atoms with van der Waals surface area (Å²) in [4.78, 5) is 12.0. The lowest BCUT2D eigenvalue weighted by Gasteiger charge is -2.05. The lowest BCUT2D eigenvalue weighted by atomic mass is 10.2. The van der Waals surface area contributed by atoms with E-state index in [4.69, 9.17) is 9.15 Å². The molecule has 0 fully saturated rings. The number of amides is 1. The summed E-state index contributed by atoms with van der Waals surface area (Å²) >= 11 is 3.33. The van der Waals surface area contributed by atoms with Gasteiger partial charge in [0.25, 0.3) is 5.91 Å². The predicted octanol–water partition coefficient (Wildman–Crippen LogP) is 3.20. The highest BCUT2D eigenvalue weighted by molar-refractivity contribution is 9.10. The van der Waals surface area contributed by atoms with Crippen LogP contribution >= 0.6 is 15.9 Å². The number of methoxy groups -OCH3 is 1. The van der Waals surface area contributed by atoms with Crippen LogP contribution in [0.25, 0.3) is 0 Å². The number of rotatable bonds is 4. The molecule has 0 aliphatic rings. The minimum absolute atomic E-state index is 0.306. The molecule has 0 aliphatic carbocycles. The van der Waals surface area contributed by atoms with Crippen molar-refractivity contribution in [3.05, 3.63) is 52.4 Å². The molecule has 2 aromatic rings. The molecule has 2 rings (SSSR count). The highest BCUT2D eigenvalue weighted by Crippen LogP contribution is 2.25. The van der Waals surface area contributed by atoms with Gasteiger partial charge < -0.3 is 9.15 Å². The van der Waals surface area contributed by atoms with Crippen LogP contribution in [0.15, 0.2) is 50.6 Å². The summed E-state index contributed by atoms with van der Waals surface area (Å²) in [5.74, 6) is 0.970. The third kappa shape index (κ3) is 3.27. The molecule has 1 heterocycles. The minimum Gasteiger partial charge on any atom is -0.496 e. The number of halogens is 1. The van der Waals surface area contributed by atoms with Crippen molar-refractivity contribution in [2.24, 2.45) is 5.10 Å². The molecule has 1 aromatic heterocycles. The van der Waals surface area contributed by atoms with Gasteiger partial charge in [0.1, 0.15) is 17.2 Å². The summed E-state index contributed by atoms with van der Waals surface area (Å²) in [7, 11) is 1.57. The lowest BCUT2D eigenvalue weighted by Crippen LogP contribution is -2.19. The zero-order valence-corrected chi connectivity index (χ0v) is 12.6. The van der Waals surface area contributed by atoms with E-state index in [2.05, 4.69) is 26.5 Å². The van der Waals surface area contributed by atoms with Crippen LogP contribution in [0.1, 0.15) is 23.0 Å². The Labute approximate surface area is 124 Å². The zero-order chi connectivity index (χ0) is 14.5. The first-order valence-electron chi connectivity index (χ1n) is 5.84. The van der Waals surface area contributed by atoms with Gasteiger partial charge in [0.15, 0.2) is 0 Å². The van der Waals surface area contributed by atoms with E-state index in [1.54, 1.807) is 50.6 Å². The number of ether oxygens (including phenoxy) is 1. The van der Waals surface area contributed by atoms with Crippen molar-refractivity contribution >= 4 is 27.5 Å². The molecule has 104 valence electrons. The standard InChI is InChI=1S/C14H13BrN2O3/c1-9(12-4-3-7-20-12)16-17-14(18)10-5-6-13(19-2)11(15)8-10/h3-8H,1-2H3,(H,17,18)/b16-9+. The van der Waals surface area contributed by atoms with Crippen LogP contribution in [-0.4, -0.2) is 18.7 Å². The second-order valence-electron chi connectivity index (χ2n) is 3.96. The third-order valence-corrected chi connectivity index (χ3v) is 3.24. The molecule has 0 aliphatic heterocycles. The molecule has 1 N–H and O–H groups in total. The predicted molar refractivity (Wildman–Crippen MR) is 79.1 cm³/mol. The number of carbonyl (C=O) groups is 1. The first-order valence-corrected chi connectivity index (χ1v) is 6.63. The molecule has 5 nitrogen and oxygen atoms in total. The van der Waals surface area contributed by atoms with Crippen molar-refractivity contribution in [1.29, 1.82) is 0 Å². The van der Waals surface area contributed by atoms with Gasteiger partial charge in [-0.05, 0) is 53.2 Å². The fourth-order valence-electron chi connectivity index (χ4n) is 1.55.